The maximum atomic E-state index is 13.6. The molecule has 1 fully saturated rings. The lowest BCUT2D eigenvalue weighted by molar-refractivity contribution is 0.0741. The first-order valence-corrected chi connectivity index (χ1v) is 14.4. The van der Waals surface area contributed by atoms with Gasteiger partial charge in [-0.25, -0.2) is 4.98 Å². The summed E-state index contributed by atoms with van der Waals surface area (Å²) in [6.07, 6.45) is 9.81. The zero-order valence-electron chi connectivity index (χ0n) is 23.9. The highest BCUT2D eigenvalue weighted by Gasteiger charge is 2.20. The van der Waals surface area contributed by atoms with Gasteiger partial charge in [0.25, 0.3) is 5.91 Å². The molecule has 36 heavy (non-hydrogen) atoms. The molecule has 6 nitrogen and oxygen atoms in total. The Hall–Kier alpha value is -2.08. The topological polar surface area (TPSA) is 53.4 Å². The SMILES string of the molecule is CC(C)CCN(CCC(C)C)C(=O)c1ccc2nc(NCC3CCCCC3)n(CCCN(C)C)c2c1. The average Bonchev–Trinajstić information content (AvgIpc) is 3.19. The fraction of sp³-hybridized carbons (Fsp3) is 0.733. The summed E-state index contributed by atoms with van der Waals surface area (Å²) in [7, 11) is 4.24. The van der Waals surface area contributed by atoms with E-state index in [2.05, 4.69) is 67.5 Å². The number of anilines is 1. The number of hydrogen-bond donors (Lipinski definition) is 1. The maximum Gasteiger partial charge on any atom is 0.253 e. The Bertz CT molecular complexity index is 930. The minimum Gasteiger partial charge on any atom is -0.355 e. The number of carbonyl (C=O) groups excluding carboxylic acids is 1. The monoisotopic (exact) mass is 497 g/mol. The van der Waals surface area contributed by atoms with Crippen LogP contribution in [-0.2, 0) is 6.54 Å². The fourth-order valence-corrected chi connectivity index (χ4v) is 5.11. The number of imidazole rings is 1. The summed E-state index contributed by atoms with van der Waals surface area (Å²) in [5.74, 6) is 3.00. The van der Waals surface area contributed by atoms with Gasteiger partial charge in [0, 0.05) is 31.7 Å². The molecule has 0 bridgehead atoms. The average molecular weight is 498 g/mol. The van der Waals surface area contributed by atoms with Gasteiger partial charge < -0.3 is 19.7 Å². The predicted octanol–water partition coefficient (Wildman–Crippen LogP) is 6.51. The van der Waals surface area contributed by atoms with E-state index in [1.807, 2.05) is 12.1 Å². The Morgan fingerprint density at radius 3 is 2.31 bits per heavy atom. The van der Waals surface area contributed by atoms with Gasteiger partial charge in [-0.3, -0.25) is 4.79 Å². The van der Waals surface area contributed by atoms with Crippen molar-refractivity contribution in [1.29, 1.82) is 0 Å². The third-order valence-corrected chi connectivity index (χ3v) is 7.50. The highest BCUT2D eigenvalue weighted by atomic mass is 16.2. The van der Waals surface area contributed by atoms with E-state index in [0.29, 0.717) is 11.8 Å². The van der Waals surface area contributed by atoms with Crippen LogP contribution >= 0.6 is 0 Å². The van der Waals surface area contributed by atoms with Gasteiger partial charge in [-0.15, -0.1) is 0 Å². The highest BCUT2D eigenvalue weighted by molar-refractivity contribution is 5.97. The molecule has 6 heteroatoms. The number of hydrogen-bond acceptors (Lipinski definition) is 4. The van der Waals surface area contributed by atoms with Crippen LogP contribution in [0.3, 0.4) is 0 Å². The second-order valence-electron chi connectivity index (χ2n) is 12.0. The molecular weight excluding hydrogens is 446 g/mol. The molecule has 1 aliphatic carbocycles. The van der Waals surface area contributed by atoms with E-state index in [1.54, 1.807) is 0 Å². The van der Waals surface area contributed by atoms with E-state index >= 15 is 0 Å². The van der Waals surface area contributed by atoms with E-state index < -0.39 is 0 Å². The molecule has 2 aromatic rings. The molecule has 1 aromatic carbocycles. The largest absolute Gasteiger partial charge is 0.355 e. The molecular formula is C30H51N5O. The molecule has 0 atom stereocenters. The summed E-state index contributed by atoms with van der Waals surface area (Å²) < 4.78 is 2.31. The van der Waals surface area contributed by atoms with Crippen LogP contribution in [0.4, 0.5) is 5.95 Å². The van der Waals surface area contributed by atoms with Crippen molar-refractivity contribution in [1.82, 2.24) is 19.4 Å². The van der Waals surface area contributed by atoms with Crippen LogP contribution in [0.5, 0.6) is 0 Å². The van der Waals surface area contributed by atoms with Crippen LogP contribution in [0.15, 0.2) is 18.2 Å². The maximum absolute atomic E-state index is 13.6. The van der Waals surface area contributed by atoms with Gasteiger partial charge in [0.15, 0.2) is 0 Å². The molecule has 1 aromatic heterocycles. The summed E-state index contributed by atoms with van der Waals surface area (Å²) in [6, 6.07) is 6.11. The molecule has 0 aliphatic heterocycles. The van der Waals surface area contributed by atoms with Gasteiger partial charge in [-0.05, 0) is 88.7 Å². The number of nitrogens with one attached hydrogen (secondary N) is 1. The van der Waals surface area contributed by atoms with Crippen molar-refractivity contribution in [3.63, 3.8) is 0 Å². The zero-order valence-corrected chi connectivity index (χ0v) is 23.9. The van der Waals surface area contributed by atoms with Crippen LogP contribution < -0.4 is 5.32 Å². The molecule has 0 unspecified atom stereocenters. The van der Waals surface area contributed by atoms with E-state index in [4.69, 9.17) is 4.98 Å². The van der Waals surface area contributed by atoms with E-state index in [9.17, 15) is 4.79 Å². The molecule has 0 saturated heterocycles. The van der Waals surface area contributed by atoms with Crippen molar-refractivity contribution in [3.05, 3.63) is 23.8 Å². The standard InChI is InChI=1S/C30H51N5O/c1-23(2)15-19-34(20-16-24(3)4)29(36)26-13-14-27-28(21-26)35(18-10-17-33(5)6)30(32-27)31-22-25-11-8-7-9-12-25/h13-14,21,23-25H,7-12,15-20,22H2,1-6H3,(H,31,32). The van der Waals surface area contributed by atoms with Gasteiger partial charge in [0.1, 0.15) is 0 Å². The Labute approximate surface area is 219 Å². The lowest BCUT2D eigenvalue weighted by Gasteiger charge is -2.25. The first-order chi connectivity index (χ1) is 17.2. The number of nitrogens with zero attached hydrogens (tertiary/aromatic N) is 4. The summed E-state index contributed by atoms with van der Waals surface area (Å²) in [5, 5.41) is 3.69. The summed E-state index contributed by atoms with van der Waals surface area (Å²) >= 11 is 0. The van der Waals surface area contributed by atoms with Crippen LogP contribution in [0.2, 0.25) is 0 Å². The molecule has 0 spiro atoms. The third kappa shape index (κ3) is 8.50. The van der Waals surface area contributed by atoms with Gasteiger partial charge in [-0.2, -0.15) is 0 Å². The van der Waals surface area contributed by atoms with Crippen LogP contribution in [0.25, 0.3) is 11.0 Å². The number of amides is 1. The number of aromatic nitrogens is 2. The Kier molecular flexibility index (Phi) is 11.1. The number of aryl methyl sites for hydroxylation is 1. The summed E-state index contributed by atoms with van der Waals surface area (Å²) in [4.78, 5) is 22.9. The van der Waals surface area contributed by atoms with Crippen molar-refractivity contribution in [2.75, 3.05) is 45.6 Å². The molecule has 0 radical (unpaired) electrons. The molecule has 3 rings (SSSR count). The van der Waals surface area contributed by atoms with Crippen LogP contribution in [0, 0.1) is 17.8 Å². The first-order valence-electron chi connectivity index (χ1n) is 14.4. The van der Waals surface area contributed by atoms with Crippen LogP contribution in [0.1, 0.15) is 89.4 Å². The molecule has 202 valence electrons. The molecule has 1 saturated carbocycles. The fourth-order valence-electron chi connectivity index (χ4n) is 5.11. The lowest BCUT2D eigenvalue weighted by atomic mass is 9.89. The van der Waals surface area contributed by atoms with Crippen molar-refractivity contribution < 1.29 is 4.79 Å². The smallest absolute Gasteiger partial charge is 0.253 e. The molecule has 1 N–H and O–H groups in total. The molecule has 1 amide bonds. The van der Waals surface area contributed by atoms with E-state index in [0.717, 1.165) is 80.4 Å². The van der Waals surface area contributed by atoms with Gasteiger partial charge >= 0.3 is 0 Å². The van der Waals surface area contributed by atoms with Crippen LogP contribution in [-0.4, -0.2) is 65.5 Å². The number of benzene rings is 1. The Balaban J connectivity index is 1.85. The second-order valence-corrected chi connectivity index (χ2v) is 12.0. The third-order valence-electron chi connectivity index (χ3n) is 7.50. The molecule has 1 aliphatic rings. The van der Waals surface area contributed by atoms with Crippen molar-refractivity contribution >= 4 is 22.9 Å². The Morgan fingerprint density at radius 1 is 1.03 bits per heavy atom. The van der Waals surface area contributed by atoms with E-state index in [1.165, 1.54) is 32.1 Å². The highest BCUT2D eigenvalue weighted by Crippen LogP contribution is 2.26. The van der Waals surface area contributed by atoms with Gasteiger partial charge in [0.05, 0.1) is 11.0 Å². The van der Waals surface area contributed by atoms with Crippen molar-refractivity contribution in [3.8, 4) is 0 Å². The predicted molar refractivity (Wildman–Crippen MR) is 153 cm³/mol. The van der Waals surface area contributed by atoms with Crippen molar-refractivity contribution in [2.45, 2.75) is 85.6 Å². The van der Waals surface area contributed by atoms with Gasteiger partial charge in [-0.1, -0.05) is 47.0 Å². The normalized spacial score (nSPS) is 14.9. The Morgan fingerprint density at radius 2 is 1.69 bits per heavy atom. The minimum atomic E-state index is 0.149. The summed E-state index contributed by atoms with van der Waals surface area (Å²) in [5.41, 5.74) is 2.82. The number of fused-ring (bicyclic) bond motifs is 1. The molecule has 1 heterocycles. The first kappa shape index (κ1) is 28.5. The lowest BCUT2D eigenvalue weighted by Crippen LogP contribution is -2.34. The van der Waals surface area contributed by atoms with Crippen molar-refractivity contribution in [2.24, 2.45) is 17.8 Å². The number of carbonyl (C=O) groups is 1. The minimum absolute atomic E-state index is 0.149. The van der Waals surface area contributed by atoms with E-state index in [-0.39, 0.29) is 5.91 Å². The second kappa shape index (κ2) is 14.0. The zero-order chi connectivity index (χ0) is 26.1. The summed E-state index contributed by atoms with van der Waals surface area (Å²) in [6.45, 7) is 13.4. The quantitative estimate of drug-likeness (QED) is 0.323. The number of rotatable bonds is 14. The van der Waals surface area contributed by atoms with Gasteiger partial charge in [0.2, 0.25) is 5.95 Å².